The Morgan fingerprint density at radius 3 is 1.66 bits per heavy atom. The third-order valence-corrected chi connectivity index (χ3v) is 3.67. The second-order valence-corrected chi connectivity index (χ2v) is 5.79. The molecule has 9 heteroatoms. The number of alkyl halides is 3. The van der Waals surface area contributed by atoms with Crippen LogP contribution in [0.3, 0.4) is 0 Å². The minimum Gasteiger partial charge on any atom is -0.457 e. The number of hydrogen-bond donors (Lipinski definition) is 2. The van der Waals surface area contributed by atoms with Crippen molar-refractivity contribution in [3.05, 3.63) is 78.6 Å². The Morgan fingerprint density at radius 1 is 0.724 bits per heavy atom. The lowest BCUT2D eigenvalue weighted by Crippen LogP contribution is -2.29. The topological polar surface area (TPSA) is 80.3 Å². The maximum Gasteiger partial charge on any atom is 0.416 e. The van der Waals surface area contributed by atoms with Crippen molar-refractivity contribution in [3.8, 4) is 11.5 Å². The van der Waals surface area contributed by atoms with E-state index in [4.69, 9.17) is 4.74 Å². The Bertz CT molecular complexity index is 989. The number of anilines is 2. The monoisotopic (exact) mass is 401 g/mol. The number of amides is 2. The maximum absolute atomic E-state index is 12.5. The highest BCUT2D eigenvalue weighted by atomic mass is 19.4. The first-order valence-corrected chi connectivity index (χ1v) is 8.29. The predicted octanol–water partition coefficient (Wildman–Crippen LogP) is 4.47. The van der Waals surface area contributed by atoms with Crippen LogP contribution in [0, 0.1) is 0 Å². The molecule has 2 aromatic carbocycles. The molecule has 0 aliphatic heterocycles. The number of carbonyl (C=O) groups excluding carboxylic acids is 2. The fourth-order valence-electron chi connectivity index (χ4n) is 2.27. The SMILES string of the molecule is O=C(Nc1ccc(Oc2ccncc2)cc1)C(=O)Nc1ccc(C(F)(F)F)cc1. The summed E-state index contributed by atoms with van der Waals surface area (Å²) in [5.41, 5.74) is -0.437. The largest absolute Gasteiger partial charge is 0.457 e. The van der Waals surface area contributed by atoms with E-state index in [9.17, 15) is 22.8 Å². The molecule has 6 nitrogen and oxygen atoms in total. The molecule has 3 aromatic rings. The average molecular weight is 401 g/mol. The van der Waals surface area contributed by atoms with Gasteiger partial charge in [-0.1, -0.05) is 0 Å². The molecule has 0 radical (unpaired) electrons. The number of nitrogens with one attached hydrogen (secondary N) is 2. The smallest absolute Gasteiger partial charge is 0.416 e. The van der Waals surface area contributed by atoms with Crippen molar-refractivity contribution >= 4 is 23.2 Å². The van der Waals surface area contributed by atoms with Crippen molar-refractivity contribution in [3.63, 3.8) is 0 Å². The molecule has 29 heavy (non-hydrogen) atoms. The van der Waals surface area contributed by atoms with E-state index in [-0.39, 0.29) is 5.69 Å². The quantitative estimate of drug-likeness (QED) is 0.632. The summed E-state index contributed by atoms with van der Waals surface area (Å²) in [5, 5.41) is 4.63. The fourth-order valence-corrected chi connectivity index (χ4v) is 2.27. The predicted molar refractivity (Wildman–Crippen MR) is 99.5 cm³/mol. The van der Waals surface area contributed by atoms with Crippen molar-refractivity contribution in [2.75, 3.05) is 10.6 Å². The highest BCUT2D eigenvalue weighted by Gasteiger charge is 2.30. The standard InChI is InChI=1S/C20H14F3N3O3/c21-20(22,23)13-1-3-14(4-2-13)25-18(27)19(28)26-15-5-7-16(8-6-15)29-17-9-11-24-12-10-17/h1-12H,(H,25,27)(H,26,28). The van der Waals surface area contributed by atoms with Gasteiger partial charge in [0, 0.05) is 23.8 Å². The van der Waals surface area contributed by atoms with Crippen LogP contribution in [0.4, 0.5) is 24.5 Å². The molecule has 1 heterocycles. The van der Waals surface area contributed by atoms with Gasteiger partial charge in [-0.2, -0.15) is 13.2 Å². The molecule has 0 saturated heterocycles. The van der Waals surface area contributed by atoms with E-state index in [2.05, 4.69) is 15.6 Å². The second kappa shape index (κ2) is 8.42. The first-order valence-electron chi connectivity index (χ1n) is 8.29. The van der Waals surface area contributed by atoms with E-state index >= 15 is 0 Å². The lowest BCUT2D eigenvalue weighted by Gasteiger charge is -2.10. The van der Waals surface area contributed by atoms with Crippen LogP contribution in [0.5, 0.6) is 11.5 Å². The van der Waals surface area contributed by atoms with Crippen molar-refractivity contribution in [1.29, 1.82) is 0 Å². The summed E-state index contributed by atoms with van der Waals surface area (Å²) in [6.45, 7) is 0. The van der Waals surface area contributed by atoms with Crippen LogP contribution in [0.15, 0.2) is 73.1 Å². The van der Waals surface area contributed by atoms with Crippen molar-refractivity contribution < 1.29 is 27.5 Å². The van der Waals surface area contributed by atoms with E-state index in [1.807, 2.05) is 0 Å². The highest BCUT2D eigenvalue weighted by molar-refractivity contribution is 6.43. The molecule has 0 spiro atoms. The molecule has 0 unspecified atom stereocenters. The number of hydrogen-bond acceptors (Lipinski definition) is 4. The van der Waals surface area contributed by atoms with Crippen molar-refractivity contribution in [2.45, 2.75) is 6.18 Å². The zero-order valence-electron chi connectivity index (χ0n) is 14.7. The summed E-state index contributed by atoms with van der Waals surface area (Å²) in [6, 6.07) is 13.4. The molecule has 0 aliphatic rings. The molecule has 0 atom stereocenters. The number of aromatic nitrogens is 1. The molecule has 1 aromatic heterocycles. The zero-order valence-corrected chi connectivity index (χ0v) is 14.7. The number of ether oxygens (including phenoxy) is 1. The van der Waals surface area contributed by atoms with Gasteiger partial charge in [0.05, 0.1) is 5.56 Å². The Balaban J connectivity index is 1.56. The summed E-state index contributed by atoms with van der Waals surface area (Å²) in [5.74, 6) is -0.870. The lowest BCUT2D eigenvalue weighted by atomic mass is 10.2. The molecule has 2 amide bonds. The molecule has 3 rings (SSSR count). The molecule has 0 fully saturated rings. The first kappa shape index (κ1) is 19.9. The van der Waals surface area contributed by atoms with Crippen LogP contribution in [0.1, 0.15) is 5.56 Å². The second-order valence-electron chi connectivity index (χ2n) is 5.79. The van der Waals surface area contributed by atoms with E-state index in [0.29, 0.717) is 17.2 Å². The van der Waals surface area contributed by atoms with E-state index < -0.39 is 23.6 Å². The summed E-state index contributed by atoms with van der Waals surface area (Å²) in [6.07, 6.45) is -1.31. The third-order valence-electron chi connectivity index (χ3n) is 3.67. The van der Waals surface area contributed by atoms with Crippen LogP contribution in [-0.4, -0.2) is 16.8 Å². The van der Waals surface area contributed by atoms with Gasteiger partial charge < -0.3 is 15.4 Å². The van der Waals surface area contributed by atoms with Crippen LogP contribution in [0.2, 0.25) is 0 Å². The third kappa shape index (κ3) is 5.55. The molecular formula is C20H14F3N3O3. The number of benzene rings is 2. The van der Waals surface area contributed by atoms with Gasteiger partial charge in [0.2, 0.25) is 0 Å². The highest BCUT2D eigenvalue weighted by Crippen LogP contribution is 2.29. The first-order chi connectivity index (χ1) is 13.8. The number of rotatable bonds is 4. The number of pyridine rings is 1. The van der Waals surface area contributed by atoms with E-state index in [1.54, 1.807) is 48.8 Å². The normalized spacial score (nSPS) is 10.9. The summed E-state index contributed by atoms with van der Waals surface area (Å²) in [7, 11) is 0. The summed E-state index contributed by atoms with van der Waals surface area (Å²) in [4.78, 5) is 27.8. The van der Waals surface area contributed by atoms with Gasteiger partial charge in [0.15, 0.2) is 0 Å². The van der Waals surface area contributed by atoms with Gasteiger partial charge in [0.1, 0.15) is 11.5 Å². The van der Waals surface area contributed by atoms with Crippen molar-refractivity contribution in [1.82, 2.24) is 4.98 Å². The van der Waals surface area contributed by atoms with Crippen LogP contribution in [0.25, 0.3) is 0 Å². The van der Waals surface area contributed by atoms with E-state index in [1.165, 1.54) is 0 Å². The van der Waals surface area contributed by atoms with Gasteiger partial charge in [-0.3, -0.25) is 14.6 Å². The molecule has 0 saturated carbocycles. The van der Waals surface area contributed by atoms with Crippen LogP contribution >= 0.6 is 0 Å². The Kier molecular flexibility index (Phi) is 5.77. The molecule has 2 N–H and O–H groups in total. The number of carbonyl (C=O) groups is 2. The minimum absolute atomic E-state index is 0.0687. The number of halogens is 3. The van der Waals surface area contributed by atoms with Gasteiger partial charge in [-0.15, -0.1) is 0 Å². The molecule has 148 valence electrons. The Morgan fingerprint density at radius 2 is 1.17 bits per heavy atom. The van der Waals surface area contributed by atoms with Crippen LogP contribution < -0.4 is 15.4 Å². The van der Waals surface area contributed by atoms with Gasteiger partial charge in [-0.25, -0.2) is 0 Å². The maximum atomic E-state index is 12.5. The van der Waals surface area contributed by atoms with E-state index in [0.717, 1.165) is 24.3 Å². The van der Waals surface area contributed by atoms with Gasteiger partial charge in [-0.05, 0) is 60.7 Å². The molecule has 0 aliphatic carbocycles. The van der Waals surface area contributed by atoms with Crippen molar-refractivity contribution in [2.24, 2.45) is 0 Å². The Hall–Kier alpha value is -3.88. The lowest BCUT2D eigenvalue weighted by molar-refractivity contribution is -0.137. The summed E-state index contributed by atoms with van der Waals surface area (Å²) >= 11 is 0. The molecular weight excluding hydrogens is 387 g/mol. The average Bonchev–Trinajstić information content (AvgIpc) is 2.70. The van der Waals surface area contributed by atoms with Gasteiger partial charge >= 0.3 is 18.0 Å². The molecule has 0 bridgehead atoms. The fraction of sp³-hybridized carbons (Fsp3) is 0.0500. The van der Waals surface area contributed by atoms with Gasteiger partial charge in [0.25, 0.3) is 0 Å². The zero-order chi connectivity index (χ0) is 20.9. The minimum atomic E-state index is -4.48. The Labute approximate surface area is 163 Å². The van der Waals surface area contributed by atoms with Crippen LogP contribution in [-0.2, 0) is 15.8 Å². The summed E-state index contributed by atoms with van der Waals surface area (Å²) < 4.78 is 43.2. The number of nitrogens with zero attached hydrogens (tertiary/aromatic N) is 1.